The molecule has 1 aliphatic rings. The van der Waals surface area contributed by atoms with Crippen LogP contribution in [-0.4, -0.2) is 40.2 Å². The van der Waals surface area contributed by atoms with Crippen molar-refractivity contribution in [2.45, 2.75) is 64.6 Å². The molecule has 1 fully saturated rings. The number of nitrogens with one attached hydrogen (secondary N) is 2. The first-order valence-corrected chi connectivity index (χ1v) is 13.8. The number of hydrogen-bond donors (Lipinski definition) is 3. The van der Waals surface area contributed by atoms with Crippen LogP contribution in [0.1, 0.15) is 57.6 Å². The fraction of sp³-hybridized carbons (Fsp3) is 0.500. The molecule has 3 aromatic rings. The normalized spacial score (nSPS) is 14.7. The fourth-order valence-electron chi connectivity index (χ4n) is 3.70. The van der Waals surface area contributed by atoms with Crippen molar-refractivity contribution < 1.29 is 8.42 Å². The van der Waals surface area contributed by atoms with Crippen LogP contribution in [0.5, 0.6) is 0 Å². The number of aromatic nitrogens is 4. The molecular formula is C22H32BrN7O2S. The first-order chi connectivity index (χ1) is 15.6. The Labute approximate surface area is 203 Å². The van der Waals surface area contributed by atoms with Gasteiger partial charge in [0.15, 0.2) is 17.0 Å². The Morgan fingerprint density at radius 2 is 1.79 bits per heavy atom. The number of halogens is 1. The lowest BCUT2D eigenvalue weighted by atomic mass is 9.96. The quantitative estimate of drug-likeness (QED) is 0.424. The van der Waals surface area contributed by atoms with Crippen molar-refractivity contribution in [1.82, 2.24) is 19.5 Å². The maximum atomic E-state index is 9.41. The Morgan fingerprint density at radius 1 is 1.15 bits per heavy atom. The van der Waals surface area contributed by atoms with Gasteiger partial charge in [-0.1, -0.05) is 47.3 Å². The number of primary sulfonamides is 1. The van der Waals surface area contributed by atoms with Gasteiger partial charge in [-0.05, 0) is 44.4 Å². The van der Waals surface area contributed by atoms with E-state index in [9.17, 15) is 8.42 Å². The number of nitrogens with zero attached hydrogens (tertiary/aromatic N) is 4. The predicted molar refractivity (Wildman–Crippen MR) is 137 cm³/mol. The molecule has 1 saturated carbocycles. The monoisotopic (exact) mass is 537 g/mol. The molecule has 0 amide bonds. The third-order valence-corrected chi connectivity index (χ3v) is 5.82. The van der Waals surface area contributed by atoms with Crippen molar-refractivity contribution in [3.8, 4) is 0 Å². The second kappa shape index (κ2) is 11.3. The minimum absolute atomic E-state index is 0.293. The summed E-state index contributed by atoms with van der Waals surface area (Å²) in [5.41, 5.74) is 2.89. The summed E-state index contributed by atoms with van der Waals surface area (Å²) in [5, 5.41) is 11.4. The van der Waals surface area contributed by atoms with E-state index in [2.05, 4.69) is 79.4 Å². The second-order valence-electron chi connectivity index (χ2n) is 8.60. The molecule has 0 spiro atoms. The van der Waals surface area contributed by atoms with Crippen molar-refractivity contribution in [1.29, 1.82) is 0 Å². The van der Waals surface area contributed by atoms with Crippen LogP contribution in [-0.2, 0) is 16.6 Å². The number of fused-ring (bicyclic) bond motifs is 1. The molecule has 0 bridgehead atoms. The zero-order chi connectivity index (χ0) is 24.0. The summed E-state index contributed by atoms with van der Waals surface area (Å²) in [4.78, 5) is 14.2. The van der Waals surface area contributed by atoms with Crippen LogP contribution in [0.15, 0.2) is 35.1 Å². The van der Waals surface area contributed by atoms with Crippen molar-refractivity contribution in [2.75, 3.05) is 16.9 Å². The van der Waals surface area contributed by atoms with Crippen molar-refractivity contribution in [3.63, 3.8) is 0 Å². The summed E-state index contributed by atoms with van der Waals surface area (Å²) in [6.07, 6.45) is 9.06. The van der Waals surface area contributed by atoms with E-state index in [1.54, 1.807) is 0 Å². The topological polar surface area (TPSA) is 128 Å². The summed E-state index contributed by atoms with van der Waals surface area (Å²) in [7, 11) is -3.17. The molecule has 2 heterocycles. The smallest absolute Gasteiger partial charge is 0.227 e. The Balaban J connectivity index is 0.000000555. The number of rotatable bonds is 6. The van der Waals surface area contributed by atoms with E-state index < -0.39 is 10.0 Å². The van der Waals surface area contributed by atoms with Gasteiger partial charge in [-0.25, -0.2) is 18.5 Å². The SMILES string of the molecule is CC(C)n1cnc2c(NCc3ccc(Br)cc3)nc(NC3CCCCC3)nc21.CS(N)(=O)=O. The number of anilines is 2. The van der Waals surface area contributed by atoms with Gasteiger partial charge in [0, 0.05) is 23.1 Å². The highest BCUT2D eigenvalue weighted by Gasteiger charge is 2.18. The molecule has 0 unspecified atom stereocenters. The van der Waals surface area contributed by atoms with Gasteiger partial charge in [-0.15, -0.1) is 0 Å². The molecule has 4 N–H and O–H groups in total. The van der Waals surface area contributed by atoms with Crippen molar-refractivity contribution in [3.05, 3.63) is 40.6 Å². The average Bonchev–Trinajstić information content (AvgIpc) is 3.17. The second-order valence-corrected chi connectivity index (χ2v) is 11.2. The van der Waals surface area contributed by atoms with Crippen LogP contribution in [0.25, 0.3) is 11.2 Å². The minimum atomic E-state index is -3.17. The molecule has 11 heteroatoms. The van der Waals surface area contributed by atoms with Crippen LogP contribution >= 0.6 is 15.9 Å². The molecule has 2 aromatic heterocycles. The fourth-order valence-corrected chi connectivity index (χ4v) is 3.96. The highest BCUT2D eigenvalue weighted by Crippen LogP contribution is 2.26. The number of imidazole rings is 1. The molecule has 9 nitrogen and oxygen atoms in total. The van der Waals surface area contributed by atoms with Gasteiger partial charge in [0.05, 0.1) is 12.6 Å². The summed E-state index contributed by atoms with van der Waals surface area (Å²) in [6, 6.07) is 9.06. The van der Waals surface area contributed by atoms with Gasteiger partial charge in [0.25, 0.3) is 0 Å². The van der Waals surface area contributed by atoms with Gasteiger partial charge in [0.2, 0.25) is 16.0 Å². The van der Waals surface area contributed by atoms with Crippen LogP contribution in [0, 0.1) is 0 Å². The van der Waals surface area contributed by atoms with E-state index in [1.807, 2.05) is 6.33 Å². The minimum Gasteiger partial charge on any atom is -0.364 e. The Kier molecular flexibility index (Phi) is 8.66. The molecule has 0 saturated heterocycles. The molecule has 0 aliphatic heterocycles. The lowest BCUT2D eigenvalue weighted by molar-refractivity contribution is 0.461. The van der Waals surface area contributed by atoms with Crippen molar-refractivity contribution in [2.24, 2.45) is 5.14 Å². The van der Waals surface area contributed by atoms with E-state index in [1.165, 1.54) is 37.7 Å². The third-order valence-electron chi connectivity index (χ3n) is 5.29. The first kappa shape index (κ1) is 25.4. The zero-order valence-corrected chi connectivity index (χ0v) is 21.7. The Bertz CT molecular complexity index is 1150. The van der Waals surface area contributed by atoms with Gasteiger partial charge in [-0.2, -0.15) is 9.97 Å². The number of sulfonamides is 1. The summed E-state index contributed by atoms with van der Waals surface area (Å²) >= 11 is 3.48. The molecule has 1 aliphatic carbocycles. The lowest BCUT2D eigenvalue weighted by Crippen LogP contribution is -2.24. The van der Waals surface area contributed by atoms with E-state index in [0.717, 1.165) is 27.7 Å². The standard InChI is InChI=1S/C21H27BrN6.CH5NO2S/c1-14(2)28-13-24-18-19(23-12-15-8-10-16(22)11-9-15)26-21(27-20(18)28)25-17-6-4-3-5-7-17;1-5(2,3)4/h8-11,13-14,17H,3-7,12H2,1-2H3,(H2,23,25,26,27);1H3,(H2,2,3,4). The summed E-state index contributed by atoms with van der Waals surface area (Å²) in [6.45, 7) is 4.98. The molecule has 1 aromatic carbocycles. The van der Waals surface area contributed by atoms with Gasteiger partial charge < -0.3 is 15.2 Å². The number of nitrogens with two attached hydrogens (primary N) is 1. The largest absolute Gasteiger partial charge is 0.364 e. The Morgan fingerprint density at radius 3 is 2.39 bits per heavy atom. The number of hydrogen-bond acceptors (Lipinski definition) is 7. The highest BCUT2D eigenvalue weighted by atomic mass is 79.9. The predicted octanol–water partition coefficient (Wildman–Crippen LogP) is 4.43. The van der Waals surface area contributed by atoms with E-state index in [4.69, 9.17) is 9.97 Å². The average molecular weight is 539 g/mol. The summed E-state index contributed by atoms with van der Waals surface area (Å²) < 4.78 is 22.0. The number of benzene rings is 1. The van der Waals surface area contributed by atoms with Gasteiger partial charge >= 0.3 is 0 Å². The first-order valence-electron chi connectivity index (χ1n) is 11.1. The zero-order valence-electron chi connectivity index (χ0n) is 19.3. The molecule has 0 atom stereocenters. The molecule has 0 radical (unpaired) electrons. The van der Waals surface area contributed by atoms with E-state index >= 15 is 0 Å². The van der Waals surface area contributed by atoms with Gasteiger partial charge in [0.1, 0.15) is 0 Å². The van der Waals surface area contributed by atoms with Gasteiger partial charge in [-0.3, -0.25) is 0 Å². The lowest BCUT2D eigenvalue weighted by Gasteiger charge is -2.23. The van der Waals surface area contributed by atoms with E-state index in [0.29, 0.717) is 24.6 Å². The third kappa shape index (κ3) is 7.94. The molecule has 4 rings (SSSR count). The van der Waals surface area contributed by atoms with Crippen LogP contribution in [0.3, 0.4) is 0 Å². The summed E-state index contributed by atoms with van der Waals surface area (Å²) in [5.74, 6) is 1.48. The maximum absolute atomic E-state index is 9.41. The maximum Gasteiger partial charge on any atom is 0.227 e. The molecule has 33 heavy (non-hydrogen) atoms. The van der Waals surface area contributed by atoms with Crippen LogP contribution in [0.4, 0.5) is 11.8 Å². The van der Waals surface area contributed by atoms with E-state index in [-0.39, 0.29) is 0 Å². The Hall–Kier alpha value is -2.24. The van der Waals surface area contributed by atoms with Crippen LogP contribution < -0.4 is 15.8 Å². The highest BCUT2D eigenvalue weighted by molar-refractivity contribution is 9.10. The van der Waals surface area contributed by atoms with Crippen LogP contribution in [0.2, 0.25) is 0 Å². The molecule has 180 valence electrons. The van der Waals surface area contributed by atoms with Crippen molar-refractivity contribution >= 4 is 48.9 Å². The molecular weight excluding hydrogens is 506 g/mol.